The molecular weight excluding hydrogens is 439 g/mol. The summed E-state index contributed by atoms with van der Waals surface area (Å²) in [5, 5.41) is 21.6. The van der Waals surface area contributed by atoms with Crippen LogP contribution in [0.2, 0.25) is 0 Å². The van der Waals surface area contributed by atoms with Gasteiger partial charge in [0.1, 0.15) is 12.4 Å². The number of carbonyl (C=O) groups is 1. The topological polar surface area (TPSA) is 102 Å². The van der Waals surface area contributed by atoms with Crippen LogP contribution in [0.25, 0.3) is 27.9 Å². The Labute approximate surface area is 194 Å². The standard InChI is InChI=1S/C26H23FN2O5/c1-3-26(33)17-8-20-23-15(10-29(20)24(31)16(17)11-34-25(26)32)21-13(6-7-30)4-5-14-12(2)18(27)9-19(28-23)22(14)21/h6,8-9,30,33H,3-5,7,10-11H2,1-2H3/b13-6+/t26-/m0/s1. The first-order valence-corrected chi connectivity index (χ1v) is 11.4. The molecule has 0 saturated heterocycles. The number of cyclic esters (lactones) is 1. The normalized spacial score (nSPS) is 21.4. The molecule has 0 bridgehead atoms. The fourth-order valence-corrected chi connectivity index (χ4v) is 5.75. The summed E-state index contributed by atoms with van der Waals surface area (Å²) in [5.74, 6) is -1.11. The molecule has 3 aromatic rings. The Morgan fingerprint density at radius 3 is 2.76 bits per heavy atom. The van der Waals surface area contributed by atoms with Gasteiger partial charge in [0, 0.05) is 22.6 Å². The van der Waals surface area contributed by atoms with Gasteiger partial charge < -0.3 is 19.5 Å². The zero-order valence-electron chi connectivity index (χ0n) is 18.9. The third-order valence-corrected chi connectivity index (χ3v) is 7.61. The number of allylic oxidation sites excluding steroid dienone is 1. The number of esters is 1. The quantitative estimate of drug-likeness (QED) is 0.444. The molecule has 0 amide bonds. The number of aliphatic hydroxyl groups excluding tert-OH is 1. The van der Waals surface area contributed by atoms with E-state index in [9.17, 15) is 24.2 Å². The molecule has 1 aromatic carbocycles. The Hall–Kier alpha value is -3.36. The lowest BCUT2D eigenvalue weighted by atomic mass is 9.81. The Morgan fingerprint density at radius 1 is 1.24 bits per heavy atom. The van der Waals surface area contributed by atoms with E-state index in [1.165, 1.54) is 6.07 Å². The molecular formula is C26H23FN2O5. The summed E-state index contributed by atoms with van der Waals surface area (Å²) in [4.78, 5) is 30.7. The molecule has 6 rings (SSSR count). The van der Waals surface area contributed by atoms with E-state index in [1.807, 2.05) is 0 Å². The zero-order valence-corrected chi connectivity index (χ0v) is 18.9. The SMILES string of the molecule is CC[C@@]1(O)C(=O)OCc2c1cc1n(c2=O)Cc2c-1nc1cc(F)c(C)c3c1c2/C(=C/CO)CC3. The summed E-state index contributed by atoms with van der Waals surface area (Å²) in [6, 6.07) is 3.07. The van der Waals surface area contributed by atoms with Crippen molar-refractivity contribution < 1.29 is 24.1 Å². The minimum Gasteiger partial charge on any atom is -0.458 e. The molecule has 0 spiro atoms. The second-order valence-electron chi connectivity index (χ2n) is 9.19. The fourth-order valence-electron chi connectivity index (χ4n) is 5.75. The van der Waals surface area contributed by atoms with E-state index in [-0.39, 0.29) is 48.7 Å². The van der Waals surface area contributed by atoms with Gasteiger partial charge in [-0.05, 0) is 54.5 Å². The highest BCUT2D eigenvalue weighted by Gasteiger charge is 2.45. The van der Waals surface area contributed by atoms with E-state index >= 15 is 0 Å². The lowest BCUT2D eigenvalue weighted by molar-refractivity contribution is -0.172. The van der Waals surface area contributed by atoms with Crippen LogP contribution in [0.1, 0.15) is 53.1 Å². The number of benzene rings is 1. The number of hydrogen-bond acceptors (Lipinski definition) is 6. The maximum Gasteiger partial charge on any atom is 0.343 e. The molecule has 8 heteroatoms. The van der Waals surface area contributed by atoms with Crippen LogP contribution in [0.3, 0.4) is 0 Å². The van der Waals surface area contributed by atoms with Gasteiger partial charge in [-0.3, -0.25) is 4.79 Å². The van der Waals surface area contributed by atoms with Crippen LogP contribution in [-0.4, -0.2) is 32.3 Å². The van der Waals surface area contributed by atoms with Crippen molar-refractivity contribution in [2.75, 3.05) is 6.61 Å². The van der Waals surface area contributed by atoms with E-state index in [0.29, 0.717) is 35.3 Å². The van der Waals surface area contributed by atoms with Gasteiger partial charge in [0.2, 0.25) is 0 Å². The average Bonchev–Trinajstić information content (AvgIpc) is 3.19. The van der Waals surface area contributed by atoms with E-state index in [2.05, 4.69) is 0 Å². The fraction of sp³-hybridized carbons (Fsp3) is 0.346. The van der Waals surface area contributed by atoms with Crippen molar-refractivity contribution in [2.45, 2.75) is 51.9 Å². The number of halogens is 1. The summed E-state index contributed by atoms with van der Waals surface area (Å²) in [7, 11) is 0. The van der Waals surface area contributed by atoms with Crippen LogP contribution in [0.5, 0.6) is 0 Å². The molecule has 2 aromatic heterocycles. The van der Waals surface area contributed by atoms with Gasteiger partial charge in [0.25, 0.3) is 5.56 Å². The maximum absolute atomic E-state index is 14.8. The molecule has 1 aliphatic carbocycles. The molecule has 0 radical (unpaired) electrons. The van der Waals surface area contributed by atoms with Crippen molar-refractivity contribution in [3.8, 4) is 11.4 Å². The van der Waals surface area contributed by atoms with Crippen molar-refractivity contribution in [2.24, 2.45) is 0 Å². The van der Waals surface area contributed by atoms with Crippen molar-refractivity contribution >= 4 is 22.4 Å². The van der Waals surface area contributed by atoms with Crippen LogP contribution in [0, 0.1) is 12.7 Å². The van der Waals surface area contributed by atoms with Gasteiger partial charge in [-0.1, -0.05) is 13.0 Å². The maximum atomic E-state index is 14.8. The number of ether oxygens (including phenoxy) is 1. The third kappa shape index (κ3) is 2.55. The summed E-state index contributed by atoms with van der Waals surface area (Å²) < 4.78 is 21.5. The molecule has 4 heterocycles. The number of carbonyl (C=O) groups excluding carboxylic acids is 1. The number of rotatable bonds is 2. The average molecular weight is 462 g/mol. The smallest absolute Gasteiger partial charge is 0.343 e. The van der Waals surface area contributed by atoms with E-state index in [0.717, 1.165) is 27.6 Å². The predicted molar refractivity (Wildman–Crippen MR) is 123 cm³/mol. The van der Waals surface area contributed by atoms with Crippen LogP contribution in [0.4, 0.5) is 4.39 Å². The minimum atomic E-state index is -1.91. The Bertz CT molecular complexity index is 1540. The first-order valence-electron chi connectivity index (χ1n) is 11.4. The first kappa shape index (κ1) is 21.2. The molecule has 7 nitrogen and oxygen atoms in total. The van der Waals surface area contributed by atoms with E-state index < -0.39 is 11.6 Å². The molecule has 34 heavy (non-hydrogen) atoms. The van der Waals surface area contributed by atoms with Crippen LogP contribution < -0.4 is 5.56 Å². The van der Waals surface area contributed by atoms with Crippen molar-refractivity contribution in [1.29, 1.82) is 0 Å². The van der Waals surface area contributed by atoms with Crippen molar-refractivity contribution in [3.05, 3.63) is 67.8 Å². The summed E-state index contributed by atoms with van der Waals surface area (Å²) in [5.41, 5.74) is 3.89. The van der Waals surface area contributed by atoms with Gasteiger partial charge in [0.15, 0.2) is 5.60 Å². The second kappa shape index (κ2) is 7.07. The summed E-state index contributed by atoms with van der Waals surface area (Å²) >= 11 is 0. The van der Waals surface area contributed by atoms with Gasteiger partial charge in [-0.2, -0.15) is 0 Å². The highest BCUT2D eigenvalue weighted by atomic mass is 19.1. The lowest BCUT2D eigenvalue weighted by Crippen LogP contribution is -2.44. The summed E-state index contributed by atoms with van der Waals surface area (Å²) in [6.07, 6.45) is 3.10. The van der Waals surface area contributed by atoms with Gasteiger partial charge in [-0.15, -0.1) is 0 Å². The number of aliphatic hydroxyl groups is 2. The molecule has 0 unspecified atom stereocenters. The van der Waals surface area contributed by atoms with Crippen molar-refractivity contribution in [3.63, 3.8) is 0 Å². The predicted octanol–water partition coefficient (Wildman–Crippen LogP) is 2.85. The van der Waals surface area contributed by atoms with Crippen LogP contribution in [0.15, 0.2) is 23.0 Å². The number of nitrogens with zero attached hydrogens (tertiary/aromatic N) is 2. The number of pyridine rings is 2. The van der Waals surface area contributed by atoms with E-state index in [1.54, 1.807) is 30.6 Å². The Morgan fingerprint density at radius 2 is 2.03 bits per heavy atom. The van der Waals surface area contributed by atoms with Crippen LogP contribution in [-0.2, 0) is 34.7 Å². The minimum absolute atomic E-state index is 0.0578. The van der Waals surface area contributed by atoms with Gasteiger partial charge >= 0.3 is 5.97 Å². The number of aromatic nitrogens is 2. The highest BCUT2D eigenvalue weighted by Crippen LogP contribution is 2.46. The Kier molecular flexibility index (Phi) is 4.41. The zero-order chi connectivity index (χ0) is 23.9. The monoisotopic (exact) mass is 462 g/mol. The lowest BCUT2D eigenvalue weighted by Gasteiger charge is -2.31. The number of fused-ring (bicyclic) bond motifs is 5. The molecule has 1 atom stereocenters. The number of hydrogen-bond donors (Lipinski definition) is 2. The second-order valence-corrected chi connectivity index (χ2v) is 9.19. The third-order valence-electron chi connectivity index (χ3n) is 7.61. The van der Waals surface area contributed by atoms with Gasteiger partial charge in [-0.25, -0.2) is 14.2 Å². The summed E-state index contributed by atoms with van der Waals surface area (Å²) in [6.45, 7) is 3.35. The molecule has 174 valence electrons. The van der Waals surface area contributed by atoms with Crippen molar-refractivity contribution in [1.82, 2.24) is 9.55 Å². The first-order chi connectivity index (χ1) is 16.3. The Balaban J connectivity index is 1.71. The molecule has 2 N–H and O–H groups in total. The highest BCUT2D eigenvalue weighted by molar-refractivity contribution is 6.01. The number of aryl methyl sites for hydroxylation is 1. The largest absolute Gasteiger partial charge is 0.458 e. The molecule has 2 aliphatic heterocycles. The molecule has 0 fully saturated rings. The van der Waals surface area contributed by atoms with Gasteiger partial charge in [0.05, 0.1) is 35.6 Å². The molecule has 3 aliphatic rings. The van der Waals surface area contributed by atoms with E-state index in [4.69, 9.17) is 9.72 Å². The molecule has 0 saturated carbocycles. The van der Waals surface area contributed by atoms with Crippen LogP contribution >= 0.6 is 0 Å².